The van der Waals surface area contributed by atoms with Crippen LogP contribution < -0.4 is 5.32 Å². The van der Waals surface area contributed by atoms with Gasteiger partial charge in [0.05, 0.1) is 0 Å². The number of nitrogens with one attached hydrogen (secondary N) is 1. The molecule has 110 valence electrons. The van der Waals surface area contributed by atoms with Crippen LogP contribution in [-0.2, 0) is 9.59 Å². The van der Waals surface area contributed by atoms with Gasteiger partial charge in [-0.3, -0.25) is 9.59 Å². The van der Waals surface area contributed by atoms with Crippen molar-refractivity contribution in [3.8, 4) is 0 Å². The molecule has 1 aliphatic rings. The molecule has 0 aromatic rings. The van der Waals surface area contributed by atoms with E-state index >= 15 is 0 Å². The predicted octanol–water partition coefficient (Wildman–Crippen LogP) is 2.18. The largest absolute Gasteiger partial charge is 0.342 e. The van der Waals surface area contributed by atoms with Gasteiger partial charge in [-0.25, -0.2) is 0 Å². The maximum Gasteiger partial charge on any atom is 0.246 e. The van der Waals surface area contributed by atoms with Crippen molar-refractivity contribution in [3.63, 3.8) is 0 Å². The van der Waals surface area contributed by atoms with Crippen molar-refractivity contribution >= 4 is 11.8 Å². The van der Waals surface area contributed by atoms with Gasteiger partial charge in [-0.05, 0) is 24.7 Å². The topological polar surface area (TPSA) is 49.4 Å². The van der Waals surface area contributed by atoms with E-state index < -0.39 is 12.1 Å². The quantitative estimate of drug-likeness (QED) is 0.792. The van der Waals surface area contributed by atoms with E-state index in [9.17, 15) is 9.59 Å². The second kappa shape index (κ2) is 4.80. The van der Waals surface area contributed by atoms with Gasteiger partial charge in [0, 0.05) is 6.04 Å². The average Bonchev–Trinajstić information content (AvgIpc) is 2.20. The molecule has 1 N–H and O–H groups in total. The second-order valence-corrected chi connectivity index (χ2v) is 7.77. The number of rotatable bonds is 1. The Bertz CT molecular complexity index is 377. The lowest BCUT2D eigenvalue weighted by Gasteiger charge is -2.48. The smallest absolute Gasteiger partial charge is 0.246 e. The molecular weight excluding hydrogens is 240 g/mol. The summed E-state index contributed by atoms with van der Waals surface area (Å²) in [5.74, 6) is -0.0300. The Hall–Kier alpha value is -1.06. The van der Waals surface area contributed by atoms with Crippen LogP contribution >= 0.6 is 0 Å². The van der Waals surface area contributed by atoms with Crippen LogP contribution in [0.2, 0.25) is 0 Å². The van der Waals surface area contributed by atoms with E-state index in [4.69, 9.17) is 0 Å². The van der Waals surface area contributed by atoms with Crippen LogP contribution in [0.15, 0.2) is 0 Å². The summed E-state index contributed by atoms with van der Waals surface area (Å²) in [6, 6.07) is -0.827. The molecule has 1 rings (SSSR count). The first-order valence-electron chi connectivity index (χ1n) is 7.00. The van der Waals surface area contributed by atoms with E-state index in [1.165, 1.54) is 0 Å². The number of hydrogen-bond donors (Lipinski definition) is 1. The van der Waals surface area contributed by atoms with Gasteiger partial charge in [0.1, 0.15) is 12.1 Å². The molecule has 1 saturated heterocycles. The van der Waals surface area contributed by atoms with Crippen molar-refractivity contribution in [2.75, 3.05) is 0 Å². The minimum atomic E-state index is -0.444. The Morgan fingerprint density at radius 2 is 1.58 bits per heavy atom. The molecule has 1 aliphatic heterocycles. The molecule has 0 bridgehead atoms. The number of nitrogens with zero attached hydrogens (tertiary/aromatic N) is 1. The van der Waals surface area contributed by atoms with Crippen LogP contribution in [0.25, 0.3) is 0 Å². The van der Waals surface area contributed by atoms with Crippen LogP contribution in [0.5, 0.6) is 0 Å². The lowest BCUT2D eigenvalue weighted by molar-refractivity contribution is -0.156. The molecule has 0 spiro atoms. The predicted molar refractivity (Wildman–Crippen MR) is 76.6 cm³/mol. The lowest BCUT2D eigenvalue weighted by Crippen LogP contribution is -2.68. The molecule has 0 aromatic carbocycles. The zero-order chi connectivity index (χ0) is 15.2. The molecule has 0 saturated carbocycles. The Balaban J connectivity index is 3.14. The van der Waals surface area contributed by atoms with Crippen molar-refractivity contribution < 1.29 is 9.59 Å². The van der Waals surface area contributed by atoms with E-state index in [-0.39, 0.29) is 28.7 Å². The standard InChI is InChI=1S/C15H28N2O2/c1-9-12(18)16-11(15(6,7)8)13(19)17(9)10(2)14(3,4)5/h9-11H,1-8H3,(H,16,18). The zero-order valence-corrected chi connectivity index (χ0v) is 13.5. The first-order valence-corrected chi connectivity index (χ1v) is 7.00. The van der Waals surface area contributed by atoms with Crippen LogP contribution in [0.1, 0.15) is 55.4 Å². The van der Waals surface area contributed by atoms with E-state index in [0.717, 1.165) is 0 Å². The molecule has 0 aliphatic carbocycles. The number of carbonyl (C=O) groups excluding carboxylic acids is 2. The molecule has 0 aromatic heterocycles. The normalized spacial score (nSPS) is 27.3. The minimum absolute atomic E-state index is 0.0194. The Labute approximate surface area is 116 Å². The van der Waals surface area contributed by atoms with E-state index in [1.807, 2.05) is 27.7 Å². The molecule has 19 heavy (non-hydrogen) atoms. The van der Waals surface area contributed by atoms with Crippen LogP contribution in [0.4, 0.5) is 0 Å². The molecule has 1 heterocycles. The minimum Gasteiger partial charge on any atom is -0.342 e. The Morgan fingerprint density at radius 3 is 1.95 bits per heavy atom. The fourth-order valence-corrected chi connectivity index (χ4v) is 2.32. The summed E-state index contributed by atoms with van der Waals surface area (Å²) in [6.07, 6.45) is 0. The van der Waals surface area contributed by atoms with Gasteiger partial charge in [-0.2, -0.15) is 0 Å². The molecular formula is C15H28N2O2. The Morgan fingerprint density at radius 1 is 1.11 bits per heavy atom. The monoisotopic (exact) mass is 268 g/mol. The lowest BCUT2D eigenvalue weighted by atomic mass is 9.80. The summed E-state index contributed by atoms with van der Waals surface area (Å²) in [7, 11) is 0. The van der Waals surface area contributed by atoms with Gasteiger partial charge in [-0.15, -0.1) is 0 Å². The van der Waals surface area contributed by atoms with Crippen molar-refractivity contribution in [1.82, 2.24) is 10.2 Å². The first kappa shape index (κ1) is 16.0. The van der Waals surface area contributed by atoms with E-state index in [0.29, 0.717) is 0 Å². The number of piperazine rings is 1. The summed E-state index contributed by atoms with van der Waals surface area (Å²) >= 11 is 0. The highest BCUT2D eigenvalue weighted by atomic mass is 16.2. The number of amides is 2. The van der Waals surface area contributed by atoms with Crippen LogP contribution in [-0.4, -0.2) is 34.8 Å². The van der Waals surface area contributed by atoms with Gasteiger partial charge in [0.15, 0.2) is 0 Å². The fraction of sp³-hybridized carbons (Fsp3) is 0.867. The molecule has 1 fully saturated rings. The van der Waals surface area contributed by atoms with Crippen LogP contribution in [0.3, 0.4) is 0 Å². The van der Waals surface area contributed by atoms with E-state index in [2.05, 4.69) is 26.1 Å². The van der Waals surface area contributed by atoms with Gasteiger partial charge < -0.3 is 10.2 Å². The third-order valence-electron chi connectivity index (χ3n) is 4.12. The van der Waals surface area contributed by atoms with Crippen molar-refractivity contribution in [1.29, 1.82) is 0 Å². The first-order chi connectivity index (χ1) is 8.37. The number of carbonyl (C=O) groups is 2. The molecule has 4 nitrogen and oxygen atoms in total. The SMILES string of the molecule is CC1C(=O)NC(C(C)(C)C)C(=O)N1C(C)C(C)(C)C. The summed E-state index contributed by atoms with van der Waals surface area (Å²) in [6.45, 7) is 16.0. The van der Waals surface area contributed by atoms with Crippen molar-refractivity contribution in [2.45, 2.75) is 73.5 Å². The molecule has 3 unspecified atom stereocenters. The summed E-state index contributed by atoms with van der Waals surface area (Å²) in [5.41, 5.74) is -0.327. The molecule has 2 amide bonds. The average molecular weight is 268 g/mol. The second-order valence-electron chi connectivity index (χ2n) is 7.77. The van der Waals surface area contributed by atoms with Gasteiger partial charge in [0.2, 0.25) is 11.8 Å². The third kappa shape index (κ3) is 3.10. The van der Waals surface area contributed by atoms with Gasteiger partial charge in [0.25, 0.3) is 0 Å². The summed E-state index contributed by atoms with van der Waals surface area (Å²) < 4.78 is 0. The van der Waals surface area contributed by atoms with E-state index in [1.54, 1.807) is 11.8 Å². The maximum absolute atomic E-state index is 12.7. The number of hydrogen-bond acceptors (Lipinski definition) is 2. The highest BCUT2D eigenvalue weighted by Crippen LogP contribution is 2.31. The van der Waals surface area contributed by atoms with Gasteiger partial charge in [-0.1, -0.05) is 41.5 Å². The zero-order valence-electron chi connectivity index (χ0n) is 13.5. The van der Waals surface area contributed by atoms with Crippen molar-refractivity contribution in [3.05, 3.63) is 0 Å². The maximum atomic E-state index is 12.7. The van der Waals surface area contributed by atoms with Crippen molar-refractivity contribution in [2.24, 2.45) is 10.8 Å². The third-order valence-corrected chi connectivity index (χ3v) is 4.12. The summed E-state index contributed by atoms with van der Waals surface area (Å²) in [4.78, 5) is 26.6. The molecule has 0 radical (unpaired) electrons. The molecule has 4 heteroatoms. The Kier molecular flexibility index (Phi) is 4.04. The highest BCUT2D eigenvalue weighted by Gasteiger charge is 2.46. The highest BCUT2D eigenvalue weighted by molar-refractivity contribution is 5.97. The fourth-order valence-electron chi connectivity index (χ4n) is 2.32. The van der Waals surface area contributed by atoms with Crippen LogP contribution in [0, 0.1) is 10.8 Å². The van der Waals surface area contributed by atoms with Gasteiger partial charge >= 0.3 is 0 Å². The summed E-state index contributed by atoms with van der Waals surface area (Å²) in [5, 5.41) is 2.86. The molecule has 3 atom stereocenters.